The van der Waals surface area contributed by atoms with Gasteiger partial charge in [0.25, 0.3) is 0 Å². The fourth-order valence-corrected chi connectivity index (χ4v) is 6.52. The SMILES string of the molecule is CC(C)CC(NC(=O)[C@H](CCc1ccccc1)NC(=O)CN1CCOCC1)C(=O)N[C@@H](Cc1ccccc1)C(=O)N[C@@H](CC(C)C)/C(=N/O)[C@@]1(C)CO1. The summed E-state index contributed by atoms with van der Waals surface area (Å²) in [6.07, 6.45) is 1.85. The Bertz CT molecular complexity index is 1510. The number of epoxide rings is 1. The molecule has 2 heterocycles. The predicted octanol–water partition coefficient (Wildman–Crippen LogP) is 2.84. The van der Waals surface area contributed by atoms with E-state index in [2.05, 4.69) is 26.4 Å². The average molecular weight is 735 g/mol. The van der Waals surface area contributed by atoms with Gasteiger partial charge in [0.1, 0.15) is 29.4 Å². The van der Waals surface area contributed by atoms with Crippen LogP contribution in [0.2, 0.25) is 0 Å². The quantitative estimate of drug-likeness (QED) is 0.0598. The van der Waals surface area contributed by atoms with Crippen molar-refractivity contribution in [1.82, 2.24) is 26.2 Å². The Balaban J connectivity index is 1.53. The van der Waals surface area contributed by atoms with Crippen LogP contribution in [-0.4, -0.2) is 109 Å². The molecule has 2 saturated heterocycles. The molecule has 53 heavy (non-hydrogen) atoms. The molecule has 0 aromatic heterocycles. The lowest BCUT2D eigenvalue weighted by molar-refractivity contribution is -0.134. The highest BCUT2D eigenvalue weighted by atomic mass is 16.6. The molecule has 2 aromatic carbocycles. The topological polar surface area (TPSA) is 174 Å². The number of hydrogen-bond acceptors (Lipinski definition) is 9. The summed E-state index contributed by atoms with van der Waals surface area (Å²) in [5, 5.41) is 25.3. The van der Waals surface area contributed by atoms with E-state index in [1.807, 2.05) is 100 Å². The van der Waals surface area contributed by atoms with E-state index in [4.69, 9.17) is 9.47 Å². The van der Waals surface area contributed by atoms with Gasteiger partial charge in [0.05, 0.1) is 32.4 Å². The minimum atomic E-state index is -1.01. The Kier molecular flexibility index (Phi) is 15.8. The molecule has 2 aliphatic rings. The second-order valence-corrected chi connectivity index (χ2v) is 15.2. The maximum atomic E-state index is 14.1. The van der Waals surface area contributed by atoms with Crippen LogP contribution in [0.4, 0.5) is 0 Å². The molecule has 290 valence electrons. The molecule has 4 amide bonds. The van der Waals surface area contributed by atoms with Gasteiger partial charge in [-0.05, 0) is 55.6 Å². The van der Waals surface area contributed by atoms with Gasteiger partial charge in [-0.15, -0.1) is 0 Å². The normalized spacial score (nSPS) is 19.9. The monoisotopic (exact) mass is 734 g/mol. The van der Waals surface area contributed by atoms with Crippen LogP contribution in [-0.2, 0) is 41.5 Å². The summed E-state index contributed by atoms with van der Waals surface area (Å²) in [7, 11) is 0. The Morgan fingerprint density at radius 2 is 1.26 bits per heavy atom. The zero-order chi connectivity index (χ0) is 38.4. The minimum absolute atomic E-state index is 0.0177. The lowest BCUT2D eigenvalue weighted by atomic mass is 9.92. The third kappa shape index (κ3) is 13.5. The van der Waals surface area contributed by atoms with Crippen molar-refractivity contribution >= 4 is 29.3 Å². The number of aryl methyl sites for hydroxylation is 1. The van der Waals surface area contributed by atoms with Crippen LogP contribution in [0.1, 0.15) is 65.0 Å². The summed E-state index contributed by atoms with van der Waals surface area (Å²) >= 11 is 0. The zero-order valence-corrected chi connectivity index (χ0v) is 31.8. The molecule has 2 aromatic rings. The van der Waals surface area contributed by atoms with Gasteiger partial charge in [-0.2, -0.15) is 0 Å². The standard InChI is InChI=1S/C40H58N6O7/c1-27(2)22-32(36(45-51)40(5)26-53-40)42-39(50)34(24-30-14-10-7-11-15-30)44-38(49)33(23-28(3)4)43-37(48)31(17-16-29-12-8-6-9-13-29)41-35(47)25-46-18-20-52-21-19-46/h6-15,27-28,31-34,51H,16-26H2,1-5H3,(H,41,47)(H,42,50)(H,43,48)(H,44,49)/b45-36-/t31-,32-,33?,34-,40+/m0/s1. The maximum absolute atomic E-state index is 14.1. The second-order valence-electron chi connectivity index (χ2n) is 15.2. The Hall–Kier alpha value is -4.33. The van der Waals surface area contributed by atoms with Gasteiger partial charge in [0.15, 0.2) is 0 Å². The molecule has 4 rings (SSSR count). The van der Waals surface area contributed by atoms with Gasteiger partial charge in [0.2, 0.25) is 23.6 Å². The van der Waals surface area contributed by atoms with Crippen molar-refractivity contribution in [2.24, 2.45) is 17.0 Å². The van der Waals surface area contributed by atoms with Gasteiger partial charge < -0.3 is 35.9 Å². The van der Waals surface area contributed by atoms with Crippen molar-refractivity contribution in [2.45, 2.75) is 96.5 Å². The summed E-state index contributed by atoms with van der Waals surface area (Å²) in [4.78, 5) is 57.4. The van der Waals surface area contributed by atoms with E-state index < -0.39 is 47.5 Å². The van der Waals surface area contributed by atoms with Gasteiger partial charge in [0, 0.05) is 19.5 Å². The highest BCUT2D eigenvalue weighted by Gasteiger charge is 2.49. The van der Waals surface area contributed by atoms with Crippen LogP contribution in [0.15, 0.2) is 65.8 Å². The van der Waals surface area contributed by atoms with Crippen molar-refractivity contribution in [3.8, 4) is 0 Å². The number of benzene rings is 2. The van der Waals surface area contributed by atoms with Crippen LogP contribution in [0.5, 0.6) is 0 Å². The van der Waals surface area contributed by atoms with Crippen LogP contribution in [0.3, 0.4) is 0 Å². The molecular weight excluding hydrogens is 676 g/mol. The molecular formula is C40H58N6O7. The number of hydrogen-bond donors (Lipinski definition) is 5. The number of amides is 4. The smallest absolute Gasteiger partial charge is 0.243 e. The molecule has 1 unspecified atom stereocenters. The number of ether oxygens (including phenoxy) is 2. The number of carbonyl (C=O) groups is 4. The first-order valence-corrected chi connectivity index (χ1v) is 18.8. The largest absolute Gasteiger partial charge is 0.411 e. The van der Waals surface area contributed by atoms with Crippen LogP contribution >= 0.6 is 0 Å². The Morgan fingerprint density at radius 3 is 1.83 bits per heavy atom. The van der Waals surface area contributed by atoms with E-state index in [1.165, 1.54) is 0 Å². The van der Waals surface area contributed by atoms with Crippen molar-refractivity contribution in [1.29, 1.82) is 0 Å². The fraction of sp³-hybridized carbons (Fsp3) is 0.575. The number of carbonyl (C=O) groups excluding carboxylic acids is 4. The lowest BCUT2D eigenvalue weighted by Crippen LogP contribution is -2.59. The third-order valence-electron chi connectivity index (χ3n) is 9.52. The average Bonchev–Trinajstić information content (AvgIpc) is 3.87. The predicted molar refractivity (Wildman–Crippen MR) is 202 cm³/mol. The Labute approximate surface area is 313 Å². The van der Waals surface area contributed by atoms with Crippen LogP contribution in [0, 0.1) is 11.8 Å². The van der Waals surface area contributed by atoms with Crippen LogP contribution < -0.4 is 21.3 Å². The summed E-state index contributed by atoms with van der Waals surface area (Å²) in [6, 6.07) is 15.5. The molecule has 5 N–H and O–H groups in total. The van der Waals surface area contributed by atoms with E-state index in [1.54, 1.807) is 0 Å². The fourth-order valence-electron chi connectivity index (χ4n) is 6.52. The lowest BCUT2D eigenvalue weighted by Gasteiger charge is -2.29. The van der Waals surface area contributed by atoms with Crippen molar-refractivity contribution in [3.63, 3.8) is 0 Å². The number of morpholine rings is 1. The first-order valence-electron chi connectivity index (χ1n) is 18.8. The molecule has 0 aliphatic carbocycles. The molecule has 0 saturated carbocycles. The summed E-state index contributed by atoms with van der Waals surface area (Å²) in [5.74, 6) is -1.56. The number of oxime groups is 1. The van der Waals surface area contributed by atoms with E-state index in [-0.39, 0.29) is 30.7 Å². The van der Waals surface area contributed by atoms with Gasteiger partial charge in [-0.25, -0.2) is 0 Å². The molecule has 0 radical (unpaired) electrons. The molecule has 5 atom stereocenters. The van der Waals surface area contributed by atoms with Gasteiger partial charge >= 0.3 is 0 Å². The molecule has 13 heteroatoms. The molecule has 13 nitrogen and oxygen atoms in total. The number of nitrogens with one attached hydrogen (secondary N) is 4. The van der Waals surface area contributed by atoms with Crippen LogP contribution in [0.25, 0.3) is 0 Å². The molecule has 2 aliphatic heterocycles. The highest BCUT2D eigenvalue weighted by molar-refractivity contribution is 6.01. The first-order chi connectivity index (χ1) is 25.4. The van der Waals surface area contributed by atoms with Gasteiger partial charge in [-0.1, -0.05) is 93.5 Å². The second kappa shape index (κ2) is 20.2. The minimum Gasteiger partial charge on any atom is -0.411 e. The number of rotatable bonds is 20. The van der Waals surface area contributed by atoms with E-state index in [9.17, 15) is 24.4 Å². The van der Waals surface area contributed by atoms with E-state index >= 15 is 0 Å². The molecule has 0 spiro atoms. The van der Waals surface area contributed by atoms with E-state index in [0.717, 1.165) is 11.1 Å². The maximum Gasteiger partial charge on any atom is 0.243 e. The Morgan fingerprint density at radius 1 is 0.755 bits per heavy atom. The molecule has 0 bridgehead atoms. The zero-order valence-electron chi connectivity index (χ0n) is 31.8. The number of nitrogens with zero attached hydrogens (tertiary/aromatic N) is 2. The van der Waals surface area contributed by atoms with E-state index in [0.29, 0.717) is 64.3 Å². The van der Waals surface area contributed by atoms with Crippen molar-refractivity contribution in [2.75, 3.05) is 39.5 Å². The first kappa shape index (κ1) is 41.4. The van der Waals surface area contributed by atoms with Crippen molar-refractivity contribution < 1.29 is 33.9 Å². The highest BCUT2D eigenvalue weighted by Crippen LogP contribution is 2.31. The third-order valence-corrected chi connectivity index (χ3v) is 9.52. The summed E-state index contributed by atoms with van der Waals surface area (Å²) in [6.45, 7) is 12.6. The molecule has 2 fully saturated rings. The van der Waals surface area contributed by atoms with Gasteiger partial charge in [-0.3, -0.25) is 24.1 Å². The summed E-state index contributed by atoms with van der Waals surface area (Å²) < 4.78 is 11.0. The summed E-state index contributed by atoms with van der Waals surface area (Å²) in [5.41, 5.74) is 1.40. The van der Waals surface area contributed by atoms with Crippen molar-refractivity contribution in [3.05, 3.63) is 71.8 Å².